The van der Waals surface area contributed by atoms with E-state index in [0.717, 1.165) is 11.4 Å². The first-order valence-electron chi connectivity index (χ1n) is 8.93. The van der Waals surface area contributed by atoms with E-state index < -0.39 is 11.9 Å². The van der Waals surface area contributed by atoms with Gasteiger partial charge in [0, 0.05) is 43.2 Å². The zero-order chi connectivity index (χ0) is 19.4. The van der Waals surface area contributed by atoms with Crippen LogP contribution in [0.4, 0.5) is 4.39 Å². The number of aliphatic hydroxyl groups is 1. The Labute approximate surface area is 156 Å². The van der Waals surface area contributed by atoms with Gasteiger partial charge in [0.15, 0.2) is 0 Å². The van der Waals surface area contributed by atoms with Crippen LogP contribution >= 0.6 is 0 Å². The average molecular weight is 374 g/mol. The van der Waals surface area contributed by atoms with Crippen molar-refractivity contribution in [1.29, 1.82) is 0 Å². The Morgan fingerprint density at radius 2 is 2.07 bits per heavy atom. The highest BCUT2D eigenvalue weighted by molar-refractivity contribution is 5.94. The number of carbonyl (C=O) groups is 2. The molecule has 0 aliphatic carbocycles. The molecule has 27 heavy (non-hydrogen) atoms. The number of aromatic nitrogens is 2. The highest BCUT2D eigenvalue weighted by Gasteiger charge is 2.34. The van der Waals surface area contributed by atoms with Crippen LogP contribution in [0.2, 0.25) is 0 Å². The number of aromatic amines is 1. The zero-order valence-corrected chi connectivity index (χ0v) is 15.1. The van der Waals surface area contributed by atoms with E-state index in [-0.39, 0.29) is 30.7 Å². The van der Waals surface area contributed by atoms with Crippen molar-refractivity contribution in [2.24, 2.45) is 5.92 Å². The van der Waals surface area contributed by atoms with Crippen LogP contribution in [0.1, 0.15) is 28.2 Å². The summed E-state index contributed by atoms with van der Waals surface area (Å²) in [5, 5.41) is 19.9. The van der Waals surface area contributed by atoms with E-state index in [2.05, 4.69) is 15.5 Å². The number of rotatable bonds is 6. The Kier molecular flexibility index (Phi) is 5.85. The minimum absolute atomic E-state index is 0.0505. The molecule has 0 bridgehead atoms. The summed E-state index contributed by atoms with van der Waals surface area (Å²) in [6.07, 6.45) is 0.171. The molecule has 0 unspecified atom stereocenters. The molecule has 2 atom stereocenters. The number of hydrogen-bond donors (Lipinski definition) is 3. The highest BCUT2D eigenvalue weighted by Crippen LogP contribution is 2.21. The van der Waals surface area contributed by atoms with Gasteiger partial charge >= 0.3 is 0 Å². The lowest BCUT2D eigenvalue weighted by atomic mass is 10.0. The lowest BCUT2D eigenvalue weighted by Gasteiger charge is -2.16. The van der Waals surface area contributed by atoms with Gasteiger partial charge in [-0.1, -0.05) is 0 Å². The van der Waals surface area contributed by atoms with Crippen LogP contribution in [-0.2, 0) is 11.2 Å². The third-order valence-electron chi connectivity index (χ3n) is 4.72. The van der Waals surface area contributed by atoms with Crippen LogP contribution in [0.25, 0.3) is 0 Å². The number of aryl methyl sites for hydroxylation is 1. The van der Waals surface area contributed by atoms with Gasteiger partial charge < -0.3 is 15.3 Å². The SMILES string of the molecule is Cc1cc(C[C@@H]2CN(C(=O)CCNC(=O)c3ccc(F)cc3)C[C@@H]2O)n[nH]1. The molecule has 1 saturated heterocycles. The summed E-state index contributed by atoms with van der Waals surface area (Å²) in [4.78, 5) is 25.9. The maximum absolute atomic E-state index is 12.9. The van der Waals surface area contributed by atoms with E-state index in [9.17, 15) is 19.1 Å². The van der Waals surface area contributed by atoms with Crippen LogP contribution in [-0.4, -0.2) is 57.8 Å². The first-order valence-corrected chi connectivity index (χ1v) is 8.93. The monoisotopic (exact) mass is 374 g/mol. The summed E-state index contributed by atoms with van der Waals surface area (Å²) >= 11 is 0. The molecule has 0 spiro atoms. The summed E-state index contributed by atoms with van der Waals surface area (Å²) < 4.78 is 12.9. The van der Waals surface area contributed by atoms with Crippen molar-refractivity contribution < 1.29 is 19.1 Å². The maximum atomic E-state index is 12.9. The number of nitrogens with one attached hydrogen (secondary N) is 2. The van der Waals surface area contributed by atoms with Crippen LogP contribution in [0, 0.1) is 18.7 Å². The minimum atomic E-state index is -0.584. The predicted octanol–water partition coefficient (Wildman–Crippen LogP) is 1.04. The number of halogens is 1. The number of likely N-dealkylation sites (tertiary alicyclic amines) is 1. The van der Waals surface area contributed by atoms with Crippen molar-refractivity contribution in [3.63, 3.8) is 0 Å². The molecule has 8 heteroatoms. The first-order chi connectivity index (χ1) is 12.9. The van der Waals surface area contributed by atoms with Crippen molar-refractivity contribution in [2.75, 3.05) is 19.6 Å². The lowest BCUT2D eigenvalue weighted by Crippen LogP contribution is -2.33. The molecule has 2 heterocycles. The molecule has 7 nitrogen and oxygen atoms in total. The fourth-order valence-electron chi connectivity index (χ4n) is 3.25. The van der Waals surface area contributed by atoms with Gasteiger partial charge in [-0.3, -0.25) is 14.7 Å². The number of benzene rings is 1. The Hall–Kier alpha value is -2.74. The molecule has 3 rings (SSSR count). The number of amides is 2. The van der Waals surface area contributed by atoms with Crippen molar-refractivity contribution in [3.05, 3.63) is 53.1 Å². The molecule has 0 radical (unpaired) electrons. The standard InChI is InChI=1S/C19H23FN4O3/c1-12-8-16(23-22-12)9-14-10-24(11-17(14)25)18(26)6-7-21-19(27)13-2-4-15(20)5-3-13/h2-5,8,14,17,25H,6-7,9-11H2,1H3,(H,21,27)(H,22,23)/t14-,17+/m1/s1. The quantitative estimate of drug-likeness (QED) is 0.704. The van der Waals surface area contributed by atoms with Gasteiger partial charge in [-0.15, -0.1) is 0 Å². The van der Waals surface area contributed by atoms with Crippen LogP contribution in [0.5, 0.6) is 0 Å². The smallest absolute Gasteiger partial charge is 0.251 e. The molecule has 1 fully saturated rings. The normalized spacial score (nSPS) is 19.3. The summed E-state index contributed by atoms with van der Waals surface area (Å²) in [5.74, 6) is -0.926. The number of H-pyrrole nitrogens is 1. The fourth-order valence-corrected chi connectivity index (χ4v) is 3.25. The van der Waals surface area contributed by atoms with E-state index in [1.54, 1.807) is 4.90 Å². The van der Waals surface area contributed by atoms with E-state index in [1.807, 2.05) is 13.0 Å². The van der Waals surface area contributed by atoms with Gasteiger partial charge in [-0.25, -0.2) is 4.39 Å². The Morgan fingerprint density at radius 1 is 1.33 bits per heavy atom. The first kappa shape index (κ1) is 19.0. The van der Waals surface area contributed by atoms with Crippen LogP contribution < -0.4 is 5.32 Å². The molecule has 0 saturated carbocycles. The summed E-state index contributed by atoms with van der Waals surface area (Å²) in [6.45, 7) is 2.86. The molecule has 1 aromatic carbocycles. The van der Waals surface area contributed by atoms with Gasteiger partial charge in [-0.2, -0.15) is 5.10 Å². The Morgan fingerprint density at radius 3 is 2.74 bits per heavy atom. The molecule has 2 amide bonds. The van der Waals surface area contributed by atoms with Gasteiger partial charge in [0.25, 0.3) is 5.91 Å². The Bertz CT molecular complexity index is 806. The van der Waals surface area contributed by atoms with Crippen molar-refractivity contribution in [2.45, 2.75) is 25.9 Å². The van der Waals surface area contributed by atoms with Crippen molar-refractivity contribution >= 4 is 11.8 Å². The van der Waals surface area contributed by atoms with Gasteiger partial charge in [-0.05, 0) is 43.7 Å². The molecule has 144 valence electrons. The van der Waals surface area contributed by atoms with Gasteiger partial charge in [0.2, 0.25) is 5.91 Å². The molecular formula is C19H23FN4O3. The highest BCUT2D eigenvalue weighted by atomic mass is 19.1. The summed E-state index contributed by atoms with van der Waals surface area (Å²) in [7, 11) is 0. The maximum Gasteiger partial charge on any atom is 0.251 e. The second-order valence-electron chi connectivity index (χ2n) is 6.89. The van der Waals surface area contributed by atoms with Crippen LogP contribution in [0.15, 0.2) is 30.3 Å². The molecule has 1 aliphatic rings. The average Bonchev–Trinajstić information content (AvgIpc) is 3.21. The molecule has 3 N–H and O–H groups in total. The van der Waals surface area contributed by atoms with E-state index in [1.165, 1.54) is 24.3 Å². The third kappa shape index (κ3) is 4.91. The molecule has 1 aromatic heterocycles. The second-order valence-corrected chi connectivity index (χ2v) is 6.89. The van der Waals surface area contributed by atoms with E-state index in [4.69, 9.17) is 0 Å². The van der Waals surface area contributed by atoms with Crippen LogP contribution in [0.3, 0.4) is 0 Å². The van der Waals surface area contributed by atoms with E-state index >= 15 is 0 Å². The lowest BCUT2D eigenvalue weighted by molar-refractivity contribution is -0.130. The largest absolute Gasteiger partial charge is 0.391 e. The predicted molar refractivity (Wildman–Crippen MR) is 96.5 cm³/mol. The molecule has 2 aromatic rings. The van der Waals surface area contributed by atoms with E-state index in [0.29, 0.717) is 25.1 Å². The molecular weight excluding hydrogens is 351 g/mol. The van der Waals surface area contributed by atoms with Crippen molar-refractivity contribution in [3.8, 4) is 0 Å². The number of β-amino-alcohol motifs (C(OH)–C–C–N with tert-alkyl or cyclic N) is 1. The minimum Gasteiger partial charge on any atom is -0.391 e. The zero-order valence-electron chi connectivity index (χ0n) is 15.1. The Balaban J connectivity index is 1.44. The topological polar surface area (TPSA) is 98.3 Å². The number of aliphatic hydroxyl groups excluding tert-OH is 1. The van der Waals surface area contributed by atoms with Crippen molar-refractivity contribution in [1.82, 2.24) is 20.4 Å². The second kappa shape index (κ2) is 8.30. The third-order valence-corrected chi connectivity index (χ3v) is 4.72. The number of carbonyl (C=O) groups excluding carboxylic acids is 2. The number of nitrogens with zero attached hydrogens (tertiary/aromatic N) is 2. The fraction of sp³-hybridized carbons (Fsp3) is 0.421. The summed E-state index contributed by atoms with van der Waals surface area (Å²) in [5.41, 5.74) is 2.18. The summed E-state index contributed by atoms with van der Waals surface area (Å²) in [6, 6.07) is 7.15. The van der Waals surface area contributed by atoms with Gasteiger partial charge in [0.05, 0.1) is 11.8 Å². The van der Waals surface area contributed by atoms with Gasteiger partial charge in [0.1, 0.15) is 5.82 Å². The molecule has 1 aliphatic heterocycles. The number of hydrogen-bond acceptors (Lipinski definition) is 4.